The van der Waals surface area contributed by atoms with E-state index in [2.05, 4.69) is 25.2 Å². The summed E-state index contributed by atoms with van der Waals surface area (Å²) in [5.74, 6) is 1.98. The Balaban J connectivity index is 1.16. The van der Waals surface area contributed by atoms with E-state index in [1.165, 1.54) is 12.1 Å². The van der Waals surface area contributed by atoms with Crippen LogP contribution in [0.1, 0.15) is 63.5 Å². The lowest BCUT2D eigenvalue weighted by Crippen LogP contribution is -2.59. The predicted molar refractivity (Wildman–Crippen MR) is 127 cm³/mol. The summed E-state index contributed by atoms with van der Waals surface area (Å²) in [6.07, 6.45) is 5.06. The van der Waals surface area contributed by atoms with Gasteiger partial charge in [-0.15, -0.1) is 0 Å². The molecule has 0 bridgehead atoms. The number of hydrogen-bond acceptors (Lipinski definition) is 4. The van der Waals surface area contributed by atoms with Gasteiger partial charge in [-0.2, -0.15) is 13.2 Å². The number of benzene rings is 1. The van der Waals surface area contributed by atoms with Crippen molar-refractivity contribution < 1.29 is 32.2 Å². The zero-order valence-electron chi connectivity index (χ0n) is 20.8. The summed E-state index contributed by atoms with van der Waals surface area (Å²) in [4.78, 5) is 24.2. The molecule has 1 aliphatic heterocycles. The minimum Gasteiger partial charge on any atom is -0.434 e. The van der Waals surface area contributed by atoms with Crippen LogP contribution in [-0.2, 0) is 27.1 Å². The average molecular weight is 506 g/mol. The van der Waals surface area contributed by atoms with E-state index in [1.54, 1.807) is 6.08 Å². The number of carbonyl (C=O) groups is 2. The maximum Gasteiger partial charge on any atom is 0.508 e. The number of nitrogens with one attached hydrogen (secondary N) is 1. The minimum absolute atomic E-state index is 0.00511. The van der Waals surface area contributed by atoms with Crippen molar-refractivity contribution in [1.82, 2.24) is 5.32 Å². The van der Waals surface area contributed by atoms with Crippen molar-refractivity contribution in [2.24, 2.45) is 34.5 Å². The Morgan fingerprint density at radius 3 is 2.50 bits per heavy atom. The molecular formula is C28H34F3NO4. The molecule has 0 aromatic heterocycles. The van der Waals surface area contributed by atoms with E-state index in [0.29, 0.717) is 29.9 Å². The van der Waals surface area contributed by atoms with Crippen LogP contribution in [0.3, 0.4) is 0 Å². The van der Waals surface area contributed by atoms with Crippen molar-refractivity contribution in [3.05, 3.63) is 47.5 Å². The fourth-order valence-corrected chi connectivity index (χ4v) is 7.86. The first kappa shape index (κ1) is 25.2. The standard InChI is InChI=1S/C28H34F3NO4/c1-26-13-11-22-20(8-10-23-27(22,2)14-12-24(33)32-23)21(26)9-7-19(26)16-36-25(34)35-15-17-3-5-18(6-4-17)28(29,30)31/h3-6,12,14,19-23H,7-11,13,15-16H2,1-2H3,(H,32,33). The molecule has 196 valence electrons. The Bertz CT molecular complexity index is 1040. The number of alkyl halides is 3. The summed E-state index contributed by atoms with van der Waals surface area (Å²) in [5.41, 5.74) is -0.170. The van der Waals surface area contributed by atoms with Crippen LogP contribution in [0.4, 0.5) is 18.0 Å². The second-order valence-corrected chi connectivity index (χ2v) is 11.6. The summed E-state index contributed by atoms with van der Waals surface area (Å²) >= 11 is 0. The van der Waals surface area contributed by atoms with Gasteiger partial charge in [0.1, 0.15) is 6.61 Å². The van der Waals surface area contributed by atoms with E-state index in [0.717, 1.165) is 50.7 Å². The van der Waals surface area contributed by atoms with Crippen LogP contribution >= 0.6 is 0 Å². The molecule has 5 rings (SSSR count). The Kier molecular flexibility index (Phi) is 6.36. The summed E-state index contributed by atoms with van der Waals surface area (Å²) < 4.78 is 48.8. The number of fused-ring (bicyclic) bond motifs is 5. The van der Waals surface area contributed by atoms with Crippen LogP contribution in [-0.4, -0.2) is 24.7 Å². The third kappa shape index (κ3) is 4.41. The van der Waals surface area contributed by atoms with Gasteiger partial charge in [0, 0.05) is 11.5 Å². The molecule has 1 heterocycles. The molecule has 0 radical (unpaired) electrons. The fraction of sp³-hybridized carbons (Fsp3) is 0.643. The van der Waals surface area contributed by atoms with E-state index < -0.39 is 17.9 Å². The third-order valence-corrected chi connectivity index (χ3v) is 9.92. The van der Waals surface area contributed by atoms with Crippen molar-refractivity contribution in [1.29, 1.82) is 0 Å². The SMILES string of the molecule is CC12C=CC(=O)NC1CCC1C2CCC2(C)C(COC(=O)OCc3ccc(C(F)(F)F)cc3)CCC12. The van der Waals surface area contributed by atoms with Gasteiger partial charge in [-0.3, -0.25) is 4.79 Å². The molecule has 3 saturated carbocycles. The topological polar surface area (TPSA) is 64.6 Å². The molecule has 0 saturated heterocycles. The van der Waals surface area contributed by atoms with Gasteiger partial charge in [-0.25, -0.2) is 4.79 Å². The number of carbonyl (C=O) groups excluding carboxylic acids is 2. The zero-order valence-corrected chi connectivity index (χ0v) is 20.8. The van der Waals surface area contributed by atoms with Gasteiger partial charge >= 0.3 is 12.3 Å². The Hall–Kier alpha value is -2.51. The predicted octanol–water partition coefficient (Wildman–Crippen LogP) is 6.27. The maximum absolute atomic E-state index is 12.7. The van der Waals surface area contributed by atoms with Gasteiger partial charge < -0.3 is 14.8 Å². The van der Waals surface area contributed by atoms with E-state index in [9.17, 15) is 22.8 Å². The third-order valence-electron chi connectivity index (χ3n) is 9.92. The number of halogens is 3. The monoisotopic (exact) mass is 505 g/mol. The molecule has 1 aromatic carbocycles. The molecule has 1 amide bonds. The molecule has 3 aliphatic carbocycles. The lowest BCUT2D eigenvalue weighted by Gasteiger charge is -2.58. The minimum atomic E-state index is -4.40. The molecule has 1 aromatic rings. The van der Waals surface area contributed by atoms with Crippen LogP contribution in [0, 0.1) is 34.5 Å². The second-order valence-electron chi connectivity index (χ2n) is 11.6. The van der Waals surface area contributed by atoms with Gasteiger partial charge in [-0.1, -0.05) is 32.1 Å². The normalized spacial score (nSPS) is 37.4. The molecule has 8 heteroatoms. The molecule has 0 spiro atoms. The van der Waals surface area contributed by atoms with Gasteiger partial charge in [-0.05, 0) is 91.4 Å². The highest BCUT2D eigenvalue weighted by Gasteiger charge is 2.59. The molecule has 3 fully saturated rings. The van der Waals surface area contributed by atoms with E-state index in [-0.39, 0.29) is 35.3 Å². The number of hydrogen-bond donors (Lipinski definition) is 1. The quantitative estimate of drug-likeness (QED) is 0.490. The van der Waals surface area contributed by atoms with Gasteiger partial charge in [0.25, 0.3) is 0 Å². The summed E-state index contributed by atoms with van der Waals surface area (Å²) in [5, 5.41) is 3.19. The average Bonchev–Trinajstić information content (AvgIpc) is 3.18. The Morgan fingerprint density at radius 1 is 1.03 bits per heavy atom. The Morgan fingerprint density at radius 2 is 1.78 bits per heavy atom. The van der Waals surface area contributed by atoms with E-state index in [4.69, 9.17) is 9.47 Å². The van der Waals surface area contributed by atoms with Crippen molar-refractivity contribution >= 4 is 12.1 Å². The first-order valence-corrected chi connectivity index (χ1v) is 13.0. The van der Waals surface area contributed by atoms with Gasteiger partial charge in [0.2, 0.25) is 5.91 Å². The molecule has 5 nitrogen and oxygen atoms in total. The lowest BCUT2D eigenvalue weighted by atomic mass is 9.48. The van der Waals surface area contributed by atoms with Crippen molar-refractivity contribution in [2.75, 3.05) is 6.61 Å². The highest BCUT2D eigenvalue weighted by molar-refractivity contribution is 5.89. The number of rotatable bonds is 4. The van der Waals surface area contributed by atoms with Crippen LogP contribution in [0.25, 0.3) is 0 Å². The number of amides is 1. The molecule has 7 atom stereocenters. The van der Waals surface area contributed by atoms with Crippen molar-refractivity contribution in [3.8, 4) is 0 Å². The van der Waals surface area contributed by atoms with Crippen LogP contribution in [0.5, 0.6) is 0 Å². The highest BCUT2D eigenvalue weighted by Crippen LogP contribution is 2.65. The first-order valence-electron chi connectivity index (χ1n) is 13.0. The van der Waals surface area contributed by atoms with E-state index >= 15 is 0 Å². The maximum atomic E-state index is 12.7. The smallest absolute Gasteiger partial charge is 0.434 e. The fourth-order valence-electron chi connectivity index (χ4n) is 7.86. The molecule has 1 N–H and O–H groups in total. The van der Waals surface area contributed by atoms with Crippen LogP contribution in [0.15, 0.2) is 36.4 Å². The van der Waals surface area contributed by atoms with Gasteiger partial charge in [0.15, 0.2) is 0 Å². The van der Waals surface area contributed by atoms with Crippen molar-refractivity contribution in [3.63, 3.8) is 0 Å². The highest BCUT2D eigenvalue weighted by atomic mass is 19.4. The summed E-state index contributed by atoms with van der Waals surface area (Å²) in [6, 6.07) is 4.77. The van der Waals surface area contributed by atoms with Crippen LogP contribution in [0.2, 0.25) is 0 Å². The second kappa shape index (κ2) is 9.10. The zero-order chi connectivity index (χ0) is 25.7. The lowest BCUT2D eigenvalue weighted by molar-refractivity contribution is -0.137. The van der Waals surface area contributed by atoms with Crippen LogP contribution < -0.4 is 5.32 Å². The van der Waals surface area contributed by atoms with E-state index in [1.807, 2.05) is 0 Å². The number of ether oxygens (including phenoxy) is 2. The molecule has 36 heavy (non-hydrogen) atoms. The summed E-state index contributed by atoms with van der Waals surface area (Å²) in [6.45, 7) is 4.81. The van der Waals surface area contributed by atoms with Crippen molar-refractivity contribution in [2.45, 2.75) is 71.2 Å². The molecular weight excluding hydrogens is 471 g/mol. The summed E-state index contributed by atoms with van der Waals surface area (Å²) in [7, 11) is 0. The molecule has 7 unspecified atom stereocenters. The Labute approximate surface area is 209 Å². The first-order chi connectivity index (χ1) is 17.0. The molecule has 4 aliphatic rings. The van der Waals surface area contributed by atoms with Gasteiger partial charge in [0.05, 0.1) is 12.2 Å². The largest absolute Gasteiger partial charge is 0.508 e.